The Bertz CT molecular complexity index is 1190. The number of carbonyl (C=O) groups is 2. The summed E-state index contributed by atoms with van der Waals surface area (Å²) in [5.74, 6) is -0.937. The molecule has 5 nitrogen and oxygen atoms in total. The number of carboxylic acids is 1. The minimum atomic E-state index is -4.59. The predicted molar refractivity (Wildman–Crippen MR) is 125 cm³/mol. The third-order valence-electron chi connectivity index (χ3n) is 5.04. The first-order valence-electron chi connectivity index (χ1n) is 9.94. The van der Waals surface area contributed by atoms with Crippen LogP contribution in [0.2, 0.25) is 10.0 Å². The van der Waals surface area contributed by atoms with Gasteiger partial charge in [0.05, 0.1) is 22.0 Å². The Morgan fingerprint density at radius 3 is 2.09 bits per heavy atom. The fraction of sp³-hybridized carbons (Fsp3) is 0.167. The standard InChI is InChI=1S/C24H19Cl2F3N2O3/c1-31(23(34)30-13-15-8-6-14(7-9-15)10-21(32)33)16-11-19(25)22(20(26)12-16)17-4-2-3-5-18(17)24(27,28)29/h2-9,11-12H,10,13H2,1H3,(H,30,34)(H,32,33). The lowest BCUT2D eigenvalue weighted by Gasteiger charge is -2.21. The number of hydrogen-bond acceptors (Lipinski definition) is 2. The van der Waals surface area contributed by atoms with Crippen LogP contribution in [0.1, 0.15) is 16.7 Å². The summed E-state index contributed by atoms with van der Waals surface area (Å²) in [4.78, 5) is 24.6. The van der Waals surface area contributed by atoms with Gasteiger partial charge in [-0.1, -0.05) is 65.7 Å². The maximum absolute atomic E-state index is 13.4. The molecule has 3 rings (SSSR count). The largest absolute Gasteiger partial charge is 0.481 e. The van der Waals surface area contributed by atoms with Gasteiger partial charge in [-0.3, -0.25) is 9.69 Å². The summed E-state index contributed by atoms with van der Waals surface area (Å²) >= 11 is 12.6. The van der Waals surface area contributed by atoms with E-state index in [0.29, 0.717) is 5.56 Å². The zero-order valence-corrected chi connectivity index (χ0v) is 19.3. The van der Waals surface area contributed by atoms with Crippen molar-refractivity contribution in [3.05, 3.63) is 87.4 Å². The molecular weight excluding hydrogens is 492 g/mol. The fourth-order valence-corrected chi connectivity index (χ4v) is 4.00. The van der Waals surface area contributed by atoms with E-state index in [9.17, 15) is 22.8 Å². The molecule has 0 bridgehead atoms. The smallest absolute Gasteiger partial charge is 0.417 e. The number of carboxylic acid groups (broad SMARTS) is 1. The summed E-state index contributed by atoms with van der Waals surface area (Å²) in [6.45, 7) is 0.176. The number of hydrogen-bond donors (Lipinski definition) is 2. The molecular formula is C24H19Cl2F3N2O3. The van der Waals surface area contributed by atoms with Gasteiger partial charge >= 0.3 is 18.2 Å². The van der Waals surface area contributed by atoms with Gasteiger partial charge in [-0.15, -0.1) is 0 Å². The van der Waals surface area contributed by atoms with Crippen LogP contribution < -0.4 is 10.2 Å². The molecule has 178 valence electrons. The Morgan fingerprint density at radius 2 is 1.53 bits per heavy atom. The lowest BCUT2D eigenvalue weighted by molar-refractivity contribution is -0.137. The van der Waals surface area contributed by atoms with Crippen molar-refractivity contribution in [2.75, 3.05) is 11.9 Å². The van der Waals surface area contributed by atoms with Gasteiger partial charge in [-0.05, 0) is 34.9 Å². The number of benzene rings is 3. The van der Waals surface area contributed by atoms with E-state index in [1.165, 1.54) is 42.3 Å². The second kappa shape index (κ2) is 10.4. The Balaban J connectivity index is 1.77. The molecule has 34 heavy (non-hydrogen) atoms. The number of amides is 2. The first-order chi connectivity index (χ1) is 16.0. The van der Waals surface area contributed by atoms with Crippen molar-refractivity contribution in [3.8, 4) is 11.1 Å². The first kappa shape index (κ1) is 25.4. The van der Waals surface area contributed by atoms with Crippen LogP contribution in [-0.4, -0.2) is 24.2 Å². The second-order valence-electron chi connectivity index (χ2n) is 7.43. The van der Waals surface area contributed by atoms with Crippen molar-refractivity contribution in [1.82, 2.24) is 5.32 Å². The van der Waals surface area contributed by atoms with Crippen molar-refractivity contribution >= 4 is 40.9 Å². The molecule has 0 heterocycles. The summed E-state index contributed by atoms with van der Waals surface area (Å²) in [6, 6.07) is 14.0. The van der Waals surface area contributed by atoms with Gasteiger partial charge < -0.3 is 10.4 Å². The van der Waals surface area contributed by atoms with E-state index < -0.39 is 23.7 Å². The number of urea groups is 1. The highest BCUT2D eigenvalue weighted by Gasteiger charge is 2.34. The molecule has 0 saturated carbocycles. The third-order valence-corrected chi connectivity index (χ3v) is 5.64. The molecule has 0 fully saturated rings. The van der Waals surface area contributed by atoms with Crippen molar-refractivity contribution in [3.63, 3.8) is 0 Å². The molecule has 3 aromatic carbocycles. The van der Waals surface area contributed by atoms with Gasteiger partial charge in [0, 0.05) is 24.8 Å². The summed E-state index contributed by atoms with van der Waals surface area (Å²) in [5, 5.41) is 11.5. The molecule has 2 amide bonds. The highest BCUT2D eigenvalue weighted by molar-refractivity contribution is 6.39. The first-order valence-corrected chi connectivity index (χ1v) is 10.7. The highest BCUT2D eigenvalue weighted by Crippen LogP contribution is 2.43. The van der Waals surface area contributed by atoms with Gasteiger partial charge in [-0.25, -0.2) is 4.79 Å². The van der Waals surface area contributed by atoms with Gasteiger partial charge in [0.1, 0.15) is 0 Å². The molecule has 0 unspecified atom stereocenters. The predicted octanol–water partition coefficient (Wildman–Crippen LogP) is 6.65. The van der Waals surface area contributed by atoms with Gasteiger partial charge in [-0.2, -0.15) is 13.2 Å². The average Bonchev–Trinajstić information content (AvgIpc) is 2.76. The highest BCUT2D eigenvalue weighted by atomic mass is 35.5. The number of nitrogens with one attached hydrogen (secondary N) is 1. The maximum atomic E-state index is 13.4. The van der Waals surface area contributed by atoms with E-state index in [0.717, 1.165) is 11.6 Å². The van der Waals surface area contributed by atoms with Crippen LogP contribution in [0.3, 0.4) is 0 Å². The summed E-state index contributed by atoms with van der Waals surface area (Å²) < 4.78 is 40.3. The minimum Gasteiger partial charge on any atom is -0.481 e. The molecule has 3 aromatic rings. The Kier molecular flexibility index (Phi) is 7.74. The monoisotopic (exact) mass is 510 g/mol. The number of anilines is 1. The van der Waals surface area contributed by atoms with Crippen LogP contribution in [0.15, 0.2) is 60.7 Å². The molecule has 0 atom stereocenters. The van der Waals surface area contributed by atoms with Crippen LogP contribution >= 0.6 is 23.2 Å². The van der Waals surface area contributed by atoms with Crippen LogP contribution in [0.25, 0.3) is 11.1 Å². The Labute approximate surface area is 203 Å². The summed E-state index contributed by atoms with van der Waals surface area (Å²) in [6.07, 6.45) is -4.69. The lowest BCUT2D eigenvalue weighted by Crippen LogP contribution is -2.36. The topological polar surface area (TPSA) is 69.6 Å². The molecule has 0 aromatic heterocycles. The van der Waals surface area contributed by atoms with E-state index in [4.69, 9.17) is 28.3 Å². The maximum Gasteiger partial charge on any atom is 0.417 e. The normalized spacial score (nSPS) is 11.2. The van der Waals surface area contributed by atoms with Crippen LogP contribution in [0.5, 0.6) is 0 Å². The SMILES string of the molecule is CN(C(=O)NCc1ccc(CC(=O)O)cc1)c1cc(Cl)c(-c2ccccc2C(F)(F)F)c(Cl)c1. The third kappa shape index (κ3) is 6.01. The molecule has 0 aliphatic carbocycles. The van der Waals surface area contributed by atoms with E-state index in [1.807, 2.05) is 0 Å². The lowest BCUT2D eigenvalue weighted by atomic mass is 9.98. The molecule has 0 saturated heterocycles. The number of alkyl halides is 3. The van der Waals surface area contributed by atoms with E-state index in [1.54, 1.807) is 24.3 Å². The number of rotatable bonds is 6. The molecule has 0 radical (unpaired) electrons. The molecule has 10 heteroatoms. The Morgan fingerprint density at radius 1 is 0.971 bits per heavy atom. The van der Waals surface area contributed by atoms with Crippen LogP contribution in [0, 0.1) is 0 Å². The second-order valence-corrected chi connectivity index (χ2v) is 8.25. The molecule has 0 aliphatic rings. The number of aliphatic carboxylic acids is 1. The van der Waals surface area contributed by atoms with Crippen molar-refractivity contribution in [2.24, 2.45) is 0 Å². The molecule has 0 aliphatic heterocycles. The zero-order chi connectivity index (χ0) is 25.0. The van der Waals surface area contributed by atoms with E-state index in [-0.39, 0.29) is 39.8 Å². The van der Waals surface area contributed by atoms with Gasteiger partial charge in [0.2, 0.25) is 0 Å². The summed E-state index contributed by atoms with van der Waals surface area (Å²) in [5.41, 5.74) is 0.678. The number of carbonyl (C=O) groups excluding carboxylic acids is 1. The fourth-order valence-electron chi connectivity index (χ4n) is 3.32. The average molecular weight is 511 g/mol. The Hall–Kier alpha value is -3.23. The van der Waals surface area contributed by atoms with E-state index >= 15 is 0 Å². The van der Waals surface area contributed by atoms with Crippen LogP contribution in [-0.2, 0) is 23.9 Å². The van der Waals surface area contributed by atoms with Crippen molar-refractivity contribution in [2.45, 2.75) is 19.1 Å². The van der Waals surface area contributed by atoms with E-state index in [2.05, 4.69) is 5.32 Å². The number of nitrogens with zero attached hydrogens (tertiary/aromatic N) is 1. The molecule has 2 N–H and O–H groups in total. The summed E-state index contributed by atoms with van der Waals surface area (Å²) in [7, 11) is 1.47. The zero-order valence-electron chi connectivity index (χ0n) is 17.8. The quantitative estimate of drug-likeness (QED) is 0.389. The van der Waals surface area contributed by atoms with Crippen molar-refractivity contribution < 1.29 is 27.9 Å². The van der Waals surface area contributed by atoms with Crippen LogP contribution in [0.4, 0.5) is 23.7 Å². The van der Waals surface area contributed by atoms with Gasteiger partial charge in [0.25, 0.3) is 0 Å². The van der Waals surface area contributed by atoms with Crippen molar-refractivity contribution in [1.29, 1.82) is 0 Å². The number of halogens is 5. The molecule has 0 spiro atoms. The minimum absolute atomic E-state index is 0.0234. The van der Waals surface area contributed by atoms with Gasteiger partial charge in [0.15, 0.2) is 0 Å².